The average molecular weight is 316 g/mol. The van der Waals surface area contributed by atoms with Gasteiger partial charge in [0.15, 0.2) is 0 Å². The third-order valence-corrected chi connectivity index (χ3v) is 5.53. The van der Waals surface area contributed by atoms with Crippen LogP contribution in [0.1, 0.15) is 36.1 Å². The molecule has 2 aliphatic heterocycles. The van der Waals surface area contributed by atoms with Crippen LogP contribution in [0, 0.1) is 6.92 Å². The zero-order valence-corrected chi connectivity index (χ0v) is 14.8. The summed E-state index contributed by atoms with van der Waals surface area (Å²) in [5.74, 6) is 0. The molecule has 3 rings (SSSR count). The molecule has 1 atom stereocenters. The Hall–Kier alpha value is -0.940. The first-order chi connectivity index (χ1) is 11.2. The van der Waals surface area contributed by atoms with Crippen LogP contribution in [0.4, 0.5) is 0 Å². The Labute approximate surface area is 141 Å². The van der Waals surface area contributed by atoms with E-state index >= 15 is 0 Å². The summed E-state index contributed by atoms with van der Waals surface area (Å²) >= 11 is 0. The molecular formula is C19H32N4. The van der Waals surface area contributed by atoms with Crippen LogP contribution in [0.15, 0.2) is 18.2 Å². The van der Waals surface area contributed by atoms with E-state index < -0.39 is 0 Å². The Morgan fingerprint density at radius 2 is 1.83 bits per heavy atom. The monoisotopic (exact) mass is 316 g/mol. The Kier molecular flexibility index (Phi) is 5.70. The molecule has 0 spiro atoms. The molecule has 2 aliphatic rings. The second-order valence-electron chi connectivity index (χ2n) is 7.05. The van der Waals surface area contributed by atoms with Crippen molar-refractivity contribution in [3.8, 4) is 0 Å². The second-order valence-corrected chi connectivity index (χ2v) is 7.05. The molecule has 128 valence electrons. The largest absolute Gasteiger partial charge is 0.329 e. The first kappa shape index (κ1) is 16.9. The van der Waals surface area contributed by atoms with Crippen LogP contribution < -0.4 is 5.73 Å². The fraction of sp³-hybridized carbons (Fsp3) is 0.684. The SMILES string of the molecule is CCN1CCN(CCCN2Cc3ccc(C)cc3C2CN)CC1. The lowest BCUT2D eigenvalue weighted by Crippen LogP contribution is -2.46. The van der Waals surface area contributed by atoms with E-state index in [-0.39, 0.29) is 0 Å². The third kappa shape index (κ3) is 3.94. The van der Waals surface area contributed by atoms with Gasteiger partial charge >= 0.3 is 0 Å². The number of nitrogens with zero attached hydrogens (tertiary/aromatic N) is 3. The summed E-state index contributed by atoms with van der Waals surface area (Å²) in [6.07, 6.45) is 1.25. The maximum atomic E-state index is 6.08. The summed E-state index contributed by atoms with van der Waals surface area (Å²) in [7, 11) is 0. The van der Waals surface area contributed by atoms with E-state index in [1.54, 1.807) is 0 Å². The lowest BCUT2D eigenvalue weighted by molar-refractivity contribution is 0.127. The van der Waals surface area contributed by atoms with Gasteiger partial charge in [0.25, 0.3) is 0 Å². The fourth-order valence-electron chi connectivity index (χ4n) is 4.03. The number of hydrogen-bond acceptors (Lipinski definition) is 4. The van der Waals surface area contributed by atoms with E-state index in [0.29, 0.717) is 6.04 Å². The molecule has 2 N–H and O–H groups in total. The minimum Gasteiger partial charge on any atom is -0.329 e. The maximum absolute atomic E-state index is 6.08. The normalized spacial score (nSPS) is 23.3. The smallest absolute Gasteiger partial charge is 0.0477 e. The number of hydrogen-bond donors (Lipinski definition) is 1. The van der Waals surface area contributed by atoms with Crippen LogP contribution in [0.25, 0.3) is 0 Å². The van der Waals surface area contributed by atoms with Crippen molar-refractivity contribution in [1.29, 1.82) is 0 Å². The molecule has 1 aromatic rings. The number of fused-ring (bicyclic) bond motifs is 1. The lowest BCUT2D eigenvalue weighted by Gasteiger charge is -2.34. The quantitative estimate of drug-likeness (QED) is 0.869. The van der Waals surface area contributed by atoms with E-state index in [1.807, 2.05) is 0 Å². The van der Waals surface area contributed by atoms with Gasteiger partial charge in [-0.3, -0.25) is 4.90 Å². The van der Waals surface area contributed by atoms with E-state index in [1.165, 1.54) is 62.4 Å². The van der Waals surface area contributed by atoms with E-state index in [9.17, 15) is 0 Å². The highest BCUT2D eigenvalue weighted by molar-refractivity contribution is 5.37. The molecule has 0 bridgehead atoms. The predicted molar refractivity (Wildman–Crippen MR) is 96.6 cm³/mol. The molecule has 2 heterocycles. The van der Waals surface area contributed by atoms with Crippen LogP contribution in [-0.4, -0.2) is 67.1 Å². The lowest BCUT2D eigenvalue weighted by atomic mass is 10.0. The average Bonchev–Trinajstić information content (AvgIpc) is 2.92. The molecule has 0 radical (unpaired) electrons. The molecule has 1 unspecified atom stereocenters. The first-order valence-corrected chi connectivity index (χ1v) is 9.19. The third-order valence-electron chi connectivity index (χ3n) is 5.53. The van der Waals surface area contributed by atoms with Crippen LogP contribution in [-0.2, 0) is 6.54 Å². The van der Waals surface area contributed by atoms with E-state index in [0.717, 1.165) is 19.6 Å². The van der Waals surface area contributed by atoms with Crippen molar-refractivity contribution in [3.05, 3.63) is 34.9 Å². The Morgan fingerprint density at radius 3 is 2.52 bits per heavy atom. The molecule has 4 nitrogen and oxygen atoms in total. The standard InChI is InChI=1S/C19H32N4/c1-3-21-9-11-22(12-10-21)7-4-8-23-15-17-6-5-16(2)13-18(17)19(23)14-20/h5-6,13,19H,3-4,7-12,14-15,20H2,1-2H3. The number of nitrogens with two attached hydrogens (primary N) is 1. The van der Waals surface area contributed by atoms with Crippen LogP contribution in [0.3, 0.4) is 0 Å². The molecular weight excluding hydrogens is 284 g/mol. The van der Waals surface area contributed by atoms with Gasteiger partial charge in [-0.2, -0.15) is 0 Å². The maximum Gasteiger partial charge on any atom is 0.0477 e. The number of likely N-dealkylation sites (N-methyl/N-ethyl adjacent to an activating group) is 1. The minimum absolute atomic E-state index is 0.418. The first-order valence-electron chi connectivity index (χ1n) is 9.19. The molecule has 0 aliphatic carbocycles. The van der Waals surface area contributed by atoms with Gasteiger partial charge in [0.1, 0.15) is 0 Å². The Morgan fingerprint density at radius 1 is 1.09 bits per heavy atom. The zero-order chi connectivity index (χ0) is 16.2. The van der Waals surface area contributed by atoms with Crippen molar-refractivity contribution in [2.45, 2.75) is 32.9 Å². The molecule has 1 saturated heterocycles. The summed E-state index contributed by atoms with van der Waals surface area (Å²) in [5, 5.41) is 0. The predicted octanol–water partition coefficient (Wildman–Crippen LogP) is 1.84. The van der Waals surface area contributed by atoms with Gasteiger partial charge in [0.05, 0.1) is 0 Å². The molecule has 1 fully saturated rings. The summed E-state index contributed by atoms with van der Waals surface area (Å²) in [6.45, 7) is 14.7. The molecule has 23 heavy (non-hydrogen) atoms. The minimum atomic E-state index is 0.418. The summed E-state index contributed by atoms with van der Waals surface area (Å²) in [6, 6.07) is 7.26. The van der Waals surface area contributed by atoms with Crippen molar-refractivity contribution in [3.63, 3.8) is 0 Å². The molecule has 0 amide bonds. The van der Waals surface area contributed by atoms with Crippen molar-refractivity contribution < 1.29 is 0 Å². The number of rotatable bonds is 6. The molecule has 4 heteroatoms. The number of benzene rings is 1. The van der Waals surface area contributed by atoms with E-state index in [4.69, 9.17) is 5.73 Å². The van der Waals surface area contributed by atoms with E-state index in [2.05, 4.69) is 46.7 Å². The van der Waals surface area contributed by atoms with Gasteiger partial charge in [0.2, 0.25) is 0 Å². The van der Waals surface area contributed by atoms with Crippen molar-refractivity contribution >= 4 is 0 Å². The summed E-state index contributed by atoms with van der Waals surface area (Å²) in [4.78, 5) is 7.74. The summed E-state index contributed by atoms with van der Waals surface area (Å²) in [5.41, 5.74) is 10.4. The van der Waals surface area contributed by atoms with Crippen LogP contribution in [0.2, 0.25) is 0 Å². The van der Waals surface area contributed by atoms with Gasteiger partial charge in [-0.1, -0.05) is 30.7 Å². The number of piperazine rings is 1. The van der Waals surface area contributed by atoms with Gasteiger partial charge in [-0.25, -0.2) is 0 Å². The Balaban J connectivity index is 1.48. The van der Waals surface area contributed by atoms with Gasteiger partial charge in [0, 0.05) is 51.9 Å². The highest BCUT2D eigenvalue weighted by Crippen LogP contribution is 2.33. The molecule has 1 aromatic carbocycles. The van der Waals surface area contributed by atoms with Crippen molar-refractivity contribution in [1.82, 2.24) is 14.7 Å². The van der Waals surface area contributed by atoms with Gasteiger partial charge < -0.3 is 15.5 Å². The summed E-state index contributed by atoms with van der Waals surface area (Å²) < 4.78 is 0. The van der Waals surface area contributed by atoms with Crippen LogP contribution in [0.5, 0.6) is 0 Å². The highest BCUT2D eigenvalue weighted by Gasteiger charge is 2.28. The molecule has 0 aromatic heterocycles. The molecule has 0 saturated carbocycles. The van der Waals surface area contributed by atoms with Crippen molar-refractivity contribution in [2.75, 3.05) is 52.4 Å². The Bertz CT molecular complexity index is 508. The highest BCUT2D eigenvalue weighted by atomic mass is 15.3. The second kappa shape index (κ2) is 7.75. The van der Waals surface area contributed by atoms with Gasteiger partial charge in [-0.15, -0.1) is 0 Å². The zero-order valence-electron chi connectivity index (χ0n) is 14.8. The van der Waals surface area contributed by atoms with Gasteiger partial charge in [-0.05, 0) is 37.6 Å². The topological polar surface area (TPSA) is 35.7 Å². The number of aryl methyl sites for hydroxylation is 1. The van der Waals surface area contributed by atoms with Crippen molar-refractivity contribution in [2.24, 2.45) is 5.73 Å². The van der Waals surface area contributed by atoms with Crippen LogP contribution >= 0.6 is 0 Å². The fourth-order valence-corrected chi connectivity index (χ4v) is 4.03.